The topological polar surface area (TPSA) is 43.4 Å². The molecule has 0 spiro atoms. The second-order valence-electron chi connectivity index (χ2n) is 3.01. The number of carbonyl (C=O) groups excluding carboxylic acids is 2. The summed E-state index contributed by atoms with van der Waals surface area (Å²) in [7, 11) is 1.62. The summed E-state index contributed by atoms with van der Waals surface area (Å²) in [6.07, 6.45) is 3.05. The van der Waals surface area contributed by atoms with Gasteiger partial charge in [-0.05, 0) is 12.8 Å². The van der Waals surface area contributed by atoms with Crippen molar-refractivity contribution in [3.63, 3.8) is 0 Å². The fourth-order valence-corrected chi connectivity index (χ4v) is 1.51. The SMILES string of the molecule is COC1CCC(C=O)C(=C=O)C1. The third-order valence-electron chi connectivity index (χ3n) is 2.32. The van der Waals surface area contributed by atoms with Crippen LogP contribution >= 0.6 is 0 Å². The van der Waals surface area contributed by atoms with Crippen molar-refractivity contribution < 1.29 is 14.3 Å². The molecule has 1 rings (SSSR count). The molecule has 3 nitrogen and oxygen atoms in total. The Bertz CT molecular complexity index is 216. The summed E-state index contributed by atoms with van der Waals surface area (Å²) in [6.45, 7) is 0. The van der Waals surface area contributed by atoms with Gasteiger partial charge in [-0.1, -0.05) is 0 Å². The highest BCUT2D eigenvalue weighted by Crippen LogP contribution is 2.27. The van der Waals surface area contributed by atoms with Crippen molar-refractivity contribution in [1.29, 1.82) is 0 Å². The quantitative estimate of drug-likeness (QED) is 0.451. The summed E-state index contributed by atoms with van der Waals surface area (Å²) in [5, 5.41) is 0. The smallest absolute Gasteiger partial charge is 0.127 e. The van der Waals surface area contributed by atoms with Gasteiger partial charge in [0, 0.05) is 25.0 Å². The molecule has 0 saturated heterocycles. The van der Waals surface area contributed by atoms with Crippen LogP contribution in [0, 0.1) is 5.92 Å². The maximum Gasteiger partial charge on any atom is 0.127 e. The van der Waals surface area contributed by atoms with Crippen LogP contribution in [-0.4, -0.2) is 25.4 Å². The highest BCUT2D eigenvalue weighted by molar-refractivity contribution is 5.67. The minimum absolute atomic E-state index is 0.0950. The highest BCUT2D eigenvalue weighted by Gasteiger charge is 2.25. The van der Waals surface area contributed by atoms with Crippen LogP contribution in [0.5, 0.6) is 0 Å². The Balaban J connectivity index is 2.66. The standard InChI is InChI=1S/C9H12O3/c1-12-9-3-2-7(5-10)8(4-9)6-11/h5,7,9H,2-4H2,1H3. The lowest BCUT2D eigenvalue weighted by Crippen LogP contribution is -2.23. The highest BCUT2D eigenvalue weighted by atomic mass is 16.5. The molecule has 1 aliphatic rings. The van der Waals surface area contributed by atoms with Crippen molar-refractivity contribution in [3.05, 3.63) is 5.57 Å². The van der Waals surface area contributed by atoms with E-state index in [1.54, 1.807) is 7.11 Å². The molecular formula is C9H12O3. The molecule has 3 heteroatoms. The van der Waals surface area contributed by atoms with Gasteiger partial charge in [-0.3, -0.25) is 0 Å². The van der Waals surface area contributed by atoms with E-state index in [1.165, 1.54) is 0 Å². The van der Waals surface area contributed by atoms with E-state index < -0.39 is 0 Å². The van der Waals surface area contributed by atoms with Crippen LogP contribution in [0.4, 0.5) is 0 Å². The normalized spacial score (nSPS) is 29.6. The third kappa shape index (κ3) is 1.81. The molecule has 0 radical (unpaired) electrons. The first kappa shape index (κ1) is 9.17. The minimum atomic E-state index is -0.214. The number of carbonyl (C=O) groups is 1. The van der Waals surface area contributed by atoms with Crippen molar-refractivity contribution in [2.75, 3.05) is 7.11 Å². The maximum atomic E-state index is 10.5. The molecule has 0 aromatic carbocycles. The lowest BCUT2D eigenvalue weighted by atomic mass is 9.84. The van der Waals surface area contributed by atoms with Gasteiger partial charge in [0.05, 0.1) is 6.10 Å². The fourth-order valence-electron chi connectivity index (χ4n) is 1.51. The van der Waals surface area contributed by atoms with E-state index in [9.17, 15) is 9.59 Å². The molecule has 0 N–H and O–H groups in total. The van der Waals surface area contributed by atoms with Crippen LogP contribution < -0.4 is 0 Å². The molecule has 12 heavy (non-hydrogen) atoms. The van der Waals surface area contributed by atoms with Gasteiger partial charge in [-0.2, -0.15) is 0 Å². The second kappa shape index (κ2) is 4.19. The van der Waals surface area contributed by atoms with E-state index in [-0.39, 0.29) is 12.0 Å². The van der Waals surface area contributed by atoms with Crippen molar-refractivity contribution in [2.45, 2.75) is 25.4 Å². The number of methoxy groups -OCH3 is 1. The van der Waals surface area contributed by atoms with Gasteiger partial charge in [-0.25, -0.2) is 4.79 Å². The predicted octanol–water partition coefficient (Wildman–Crippen LogP) is 0.758. The average molecular weight is 168 g/mol. The first-order valence-corrected chi connectivity index (χ1v) is 4.03. The van der Waals surface area contributed by atoms with Crippen LogP contribution in [-0.2, 0) is 14.3 Å². The molecule has 0 bridgehead atoms. The van der Waals surface area contributed by atoms with Crippen molar-refractivity contribution in [3.8, 4) is 0 Å². The summed E-state index contributed by atoms with van der Waals surface area (Å²) in [5.41, 5.74) is 0.558. The Labute approximate surface area is 71.4 Å². The molecular weight excluding hydrogens is 156 g/mol. The first-order chi connectivity index (χ1) is 5.81. The zero-order valence-electron chi connectivity index (χ0n) is 7.08. The van der Waals surface area contributed by atoms with Gasteiger partial charge >= 0.3 is 0 Å². The Morgan fingerprint density at radius 3 is 2.83 bits per heavy atom. The number of hydrogen-bond acceptors (Lipinski definition) is 3. The van der Waals surface area contributed by atoms with Gasteiger partial charge < -0.3 is 9.53 Å². The lowest BCUT2D eigenvalue weighted by Gasteiger charge is -2.24. The van der Waals surface area contributed by atoms with E-state index in [1.807, 2.05) is 5.94 Å². The molecule has 2 unspecified atom stereocenters. The zero-order valence-corrected chi connectivity index (χ0v) is 7.08. The van der Waals surface area contributed by atoms with Gasteiger partial charge in [0.1, 0.15) is 12.2 Å². The van der Waals surface area contributed by atoms with Crippen molar-refractivity contribution >= 4 is 12.2 Å². The Kier molecular flexibility index (Phi) is 3.20. The van der Waals surface area contributed by atoms with Crippen LogP contribution in [0.25, 0.3) is 0 Å². The predicted molar refractivity (Wildman–Crippen MR) is 43.4 cm³/mol. The molecule has 1 fully saturated rings. The maximum absolute atomic E-state index is 10.5. The summed E-state index contributed by atoms with van der Waals surface area (Å²) in [4.78, 5) is 20.9. The van der Waals surface area contributed by atoms with E-state index in [0.29, 0.717) is 18.4 Å². The van der Waals surface area contributed by atoms with Gasteiger partial charge in [0.15, 0.2) is 0 Å². The van der Waals surface area contributed by atoms with Crippen LogP contribution in [0.15, 0.2) is 5.57 Å². The van der Waals surface area contributed by atoms with Crippen LogP contribution in [0.3, 0.4) is 0 Å². The van der Waals surface area contributed by atoms with Gasteiger partial charge in [0.2, 0.25) is 0 Å². The number of ether oxygens (including phenoxy) is 1. The molecule has 66 valence electrons. The summed E-state index contributed by atoms with van der Waals surface area (Å²) in [6, 6.07) is 0. The molecule has 1 saturated carbocycles. The van der Waals surface area contributed by atoms with Crippen molar-refractivity contribution in [1.82, 2.24) is 0 Å². The van der Waals surface area contributed by atoms with Gasteiger partial charge in [0.25, 0.3) is 0 Å². The van der Waals surface area contributed by atoms with E-state index in [0.717, 1.165) is 12.7 Å². The number of rotatable bonds is 2. The molecule has 0 heterocycles. The number of hydrogen-bond donors (Lipinski definition) is 0. The molecule has 0 amide bonds. The summed E-state index contributed by atoms with van der Waals surface area (Å²) >= 11 is 0. The summed E-state index contributed by atoms with van der Waals surface area (Å²) < 4.78 is 5.10. The van der Waals surface area contributed by atoms with Crippen LogP contribution in [0.2, 0.25) is 0 Å². The number of aldehydes is 1. The fraction of sp³-hybridized carbons (Fsp3) is 0.667. The Morgan fingerprint density at radius 1 is 1.58 bits per heavy atom. The van der Waals surface area contributed by atoms with Crippen molar-refractivity contribution in [2.24, 2.45) is 5.92 Å². The molecule has 1 aliphatic carbocycles. The van der Waals surface area contributed by atoms with E-state index in [4.69, 9.17) is 4.74 Å². The van der Waals surface area contributed by atoms with Gasteiger partial charge in [-0.15, -0.1) is 0 Å². The summed E-state index contributed by atoms with van der Waals surface area (Å²) in [5.74, 6) is 1.61. The molecule has 0 aliphatic heterocycles. The third-order valence-corrected chi connectivity index (χ3v) is 2.32. The zero-order chi connectivity index (χ0) is 8.97. The molecule has 0 aromatic heterocycles. The molecule has 2 atom stereocenters. The van der Waals surface area contributed by atoms with Crippen LogP contribution in [0.1, 0.15) is 19.3 Å². The Hall–Kier alpha value is -0.920. The van der Waals surface area contributed by atoms with E-state index >= 15 is 0 Å². The largest absolute Gasteiger partial charge is 0.381 e. The lowest BCUT2D eigenvalue weighted by molar-refractivity contribution is -0.111. The molecule has 0 aromatic rings. The average Bonchev–Trinajstić information content (AvgIpc) is 2.16. The monoisotopic (exact) mass is 168 g/mol. The van der Waals surface area contributed by atoms with E-state index in [2.05, 4.69) is 0 Å². The Morgan fingerprint density at radius 2 is 2.33 bits per heavy atom. The minimum Gasteiger partial charge on any atom is -0.381 e. The second-order valence-corrected chi connectivity index (χ2v) is 3.01. The first-order valence-electron chi connectivity index (χ1n) is 4.03.